The van der Waals surface area contributed by atoms with E-state index in [0.29, 0.717) is 21.4 Å². The highest BCUT2D eigenvalue weighted by Gasteiger charge is 2.15. The molecule has 0 aliphatic rings. The molecule has 5 nitrogen and oxygen atoms in total. The van der Waals surface area contributed by atoms with Crippen molar-refractivity contribution in [2.24, 2.45) is 0 Å². The Labute approximate surface area is 164 Å². The predicted molar refractivity (Wildman–Crippen MR) is 102 cm³/mol. The zero-order chi connectivity index (χ0) is 18.7. The molecule has 26 heavy (non-hydrogen) atoms. The molecule has 3 rings (SSSR count). The first-order valence-corrected chi connectivity index (χ1v) is 8.79. The molecule has 0 fully saturated rings. The summed E-state index contributed by atoms with van der Waals surface area (Å²) < 4.78 is 10.9. The molecule has 136 valence electrons. The number of aliphatic hydroxyl groups excluding tert-OH is 1. The summed E-state index contributed by atoms with van der Waals surface area (Å²) in [7, 11) is 0. The largest absolute Gasteiger partial charge is 0.489 e. The molecule has 0 saturated heterocycles. The quantitative estimate of drug-likeness (QED) is 0.620. The first-order chi connectivity index (χ1) is 12.4. The predicted octanol–water partition coefficient (Wildman–Crippen LogP) is 4.56. The smallest absolute Gasteiger partial charge is 0.287 e. The first kappa shape index (κ1) is 18.9. The van der Waals surface area contributed by atoms with Crippen LogP contribution < -0.4 is 10.1 Å². The Bertz CT molecular complexity index is 941. The van der Waals surface area contributed by atoms with Crippen LogP contribution in [0.1, 0.15) is 10.6 Å². The molecule has 0 aliphatic heterocycles. The lowest BCUT2D eigenvalue weighted by Crippen LogP contribution is -2.35. The van der Waals surface area contributed by atoms with Crippen LogP contribution in [-0.4, -0.2) is 30.3 Å². The zero-order valence-electron chi connectivity index (χ0n) is 13.3. The molecule has 1 aromatic heterocycles. The van der Waals surface area contributed by atoms with Crippen molar-refractivity contribution in [3.63, 3.8) is 0 Å². The molecule has 0 radical (unpaired) electrons. The van der Waals surface area contributed by atoms with Gasteiger partial charge in [-0.2, -0.15) is 0 Å². The molecule has 0 bridgehead atoms. The van der Waals surface area contributed by atoms with Crippen molar-refractivity contribution < 1.29 is 19.1 Å². The van der Waals surface area contributed by atoms with Crippen molar-refractivity contribution in [1.29, 1.82) is 0 Å². The highest BCUT2D eigenvalue weighted by Crippen LogP contribution is 2.31. The minimum absolute atomic E-state index is 0.0190. The van der Waals surface area contributed by atoms with E-state index in [1.165, 1.54) is 0 Å². The van der Waals surface area contributed by atoms with Crippen LogP contribution in [0, 0.1) is 0 Å². The number of carbonyl (C=O) groups excluding carboxylic acids is 1. The number of nitrogens with one attached hydrogen (secondary N) is 1. The second-order valence-electron chi connectivity index (χ2n) is 5.52. The van der Waals surface area contributed by atoms with Gasteiger partial charge in [0, 0.05) is 17.0 Å². The van der Waals surface area contributed by atoms with Gasteiger partial charge in [-0.15, -0.1) is 0 Å². The number of aliphatic hydroxyl groups is 1. The van der Waals surface area contributed by atoms with E-state index in [9.17, 15) is 9.90 Å². The van der Waals surface area contributed by atoms with Crippen molar-refractivity contribution in [2.75, 3.05) is 13.2 Å². The summed E-state index contributed by atoms with van der Waals surface area (Å²) in [5.41, 5.74) is 0.555. The summed E-state index contributed by atoms with van der Waals surface area (Å²) in [5, 5.41) is 14.5. The van der Waals surface area contributed by atoms with Gasteiger partial charge in [-0.3, -0.25) is 4.79 Å². The normalized spacial score (nSPS) is 12.2. The molecule has 2 N–H and O–H groups in total. The maximum atomic E-state index is 12.1. The zero-order valence-corrected chi connectivity index (χ0v) is 15.6. The fraction of sp³-hybridized carbons (Fsp3) is 0.167. The molecule has 0 aliphatic carbocycles. The topological polar surface area (TPSA) is 71.7 Å². The Kier molecular flexibility index (Phi) is 5.94. The summed E-state index contributed by atoms with van der Waals surface area (Å²) in [6, 6.07) is 11.6. The number of hydrogen-bond donors (Lipinski definition) is 2. The van der Waals surface area contributed by atoms with E-state index >= 15 is 0 Å². The molecule has 1 amide bonds. The van der Waals surface area contributed by atoms with Gasteiger partial charge in [0.25, 0.3) is 5.91 Å². The van der Waals surface area contributed by atoms with Crippen molar-refractivity contribution in [2.45, 2.75) is 6.10 Å². The summed E-state index contributed by atoms with van der Waals surface area (Å²) in [5.74, 6) is 0.0455. The molecule has 1 unspecified atom stereocenters. The van der Waals surface area contributed by atoms with Gasteiger partial charge in [-0.1, -0.05) is 40.9 Å². The number of fused-ring (bicyclic) bond motifs is 1. The van der Waals surface area contributed by atoms with Gasteiger partial charge in [0.15, 0.2) is 5.76 Å². The van der Waals surface area contributed by atoms with Crippen molar-refractivity contribution >= 4 is 51.7 Å². The Morgan fingerprint density at radius 1 is 1.19 bits per heavy atom. The minimum atomic E-state index is -0.937. The monoisotopic (exact) mass is 413 g/mol. The van der Waals surface area contributed by atoms with Gasteiger partial charge in [0.05, 0.1) is 5.02 Å². The van der Waals surface area contributed by atoms with E-state index in [0.717, 1.165) is 5.39 Å². The number of furan rings is 1. The van der Waals surface area contributed by atoms with Gasteiger partial charge in [0.2, 0.25) is 0 Å². The second-order valence-corrected chi connectivity index (χ2v) is 6.74. The number of benzene rings is 2. The number of carbonyl (C=O) groups is 1. The number of halogens is 3. The molecule has 1 atom stereocenters. The van der Waals surface area contributed by atoms with Crippen molar-refractivity contribution in [3.8, 4) is 5.75 Å². The summed E-state index contributed by atoms with van der Waals surface area (Å²) in [4.78, 5) is 12.1. The Morgan fingerprint density at radius 3 is 2.81 bits per heavy atom. The molecule has 0 saturated carbocycles. The lowest BCUT2D eigenvalue weighted by molar-refractivity contribution is 0.0824. The Balaban J connectivity index is 1.54. The van der Waals surface area contributed by atoms with E-state index in [1.807, 2.05) is 0 Å². The standard InChI is InChI=1S/C18H14Cl3NO4/c19-11-4-5-14-10(6-11)7-16(26-14)18(24)22-8-12(23)9-25-15-3-1-2-13(20)17(15)21/h1-7,12,23H,8-9H2,(H,22,24). The number of amides is 1. The third-order valence-electron chi connectivity index (χ3n) is 3.55. The van der Waals surface area contributed by atoms with Crippen LogP contribution in [0.2, 0.25) is 15.1 Å². The van der Waals surface area contributed by atoms with Gasteiger partial charge in [0.1, 0.15) is 29.1 Å². The van der Waals surface area contributed by atoms with Crippen LogP contribution in [0.5, 0.6) is 5.75 Å². The average molecular weight is 415 g/mol. The highest BCUT2D eigenvalue weighted by atomic mass is 35.5. The van der Waals surface area contributed by atoms with Crippen LogP contribution in [0.3, 0.4) is 0 Å². The van der Waals surface area contributed by atoms with Gasteiger partial charge < -0.3 is 19.6 Å². The van der Waals surface area contributed by atoms with E-state index in [1.54, 1.807) is 42.5 Å². The summed E-state index contributed by atoms with van der Waals surface area (Å²) in [6.45, 7) is -0.0785. The number of rotatable bonds is 6. The van der Waals surface area contributed by atoms with Gasteiger partial charge in [-0.25, -0.2) is 0 Å². The highest BCUT2D eigenvalue weighted by molar-refractivity contribution is 6.42. The van der Waals surface area contributed by atoms with Gasteiger partial charge >= 0.3 is 0 Å². The lowest BCUT2D eigenvalue weighted by Gasteiger charge is -2.14. The molecular formula is C18H14Cl3NO4. The maximum absolute atomic E-state index is 12.1. The van der Waals surface area contributed by atoms with E-state index in [2.05, 4.69) is 5.32 Å². The fourth-order valence-corrected chi connectivity index (χ4v) is 2.79. The van der Waals surface area contributed by atoms with Crippen molar-refractivity contribution in [1.82, 2.24) is 5.32 Å². The molecule has 1 heterocycles. The number of hydrogen-bond acceptors (Lipinski definition) is 4. The average Bonchev–Trinajstić information content (AvgIpc) is 3.04. The van der Waals surface area contributed by atoms with E-state index in [4.69, 9.17) is 44.0 Å². The van der Waals surface area contributed by atoms with Crippen LogP contribution in [0.4, 0.5) is 0 Å². The molecule has 2 aromatic carbocycles. The fourth-order valence-electron chi connectivity index (χ4n) is 2.26. The SMILES string of the molecule is O=C(NCC(O)COc1cccc(Cl)c1Cl)c1cc2cc(Cl)ccc2o1. The Hall–Kier alpha value is -1.92. The van der Waals surface area contributed by atoms with Crippen LogP contribution >= 0.6 is 34.8 Å². The molecular weight excluding hydrogens is 401 g/mol. The second kappa shape index (κ2) is 8.18. The van der Waals surface area contributed by atoms with Crippen LogP contribution in [0.15, 0.2) is 46.9 Å². The molecule has 3 aromatic rings. The first-order valence-electron chi connectivity index (χ1n) is 7.66. The molecule has 8 heteroatoms. The lowest BCUT2D eigenvalue weighted by atomic mass is 10.2. The van der Waals surface area contributed by atoms with Crippen LogP contribution in [0.25, 0.3) is 11.0 Å². The summed E-state index contributed by atoms with van der Waals surface area (Å²) in [6.07, 6.45) is -0.937. The van der Waals surface area contributed by atoms with E-state index in [-0.39, 0.29) is 23.9 Å². The van der Waals surface area contributed by atoms with Crippen LogP contribution in [-0.2, 0) is 0 Å². The number of ether oxygens (including phenoxy) is 1. The van der Waals surface area contributed by atoms with Gasteiger partial charge in [-0.05, 0) is 36.4 Å². The Morgan fingerprint density at radius 2 is 2.00 bits per heavy atom. The third kappa shape index (κ3) is 4.43. The summed E-state index contributed by atoms with van der Waals surface area (Å²) >= 11 is 17.8. The maximum Gasteiger partial charge on any atom is 0.287 e. The van der Waals surface area contributed by atoms with Crippen molar-refractivity contribution in [3.05, 3.63) is 63.3 Å². The molecule has 0 spiro atoms. The van der Waals surface area contributed by atoms with E-state index < -0.39 is 12.0 Å². The third-order valence-corrected chi connectivity index (χ3v) is 4.58. The minimum Gasteiger partial charge on any atom is -0.489 e.